The van der Waals surface area contributed by atoms with Gasteiger partial charge in [-0.3, -0.25) is 0 Å². The van der Waals surface area contributed by atoms with Crippen molar-refractivity contribution in [3.05, 3.63) is 12.3 Å². The molecule has 16 heavy (non-hydrogen) atoms. The van der Waals surface area contributed by atoms with E-state index in [4.69, 9.17) is 18.9 Å². The average molecular weight is 297 g/mol. The molecule has 0 aromatic heterocycles. The van der Waals surface area contributed by atoms with Crippen molar-refractivity contribution in [2.75, 3.05) is 51.6 Å². The maximum Gasteiger partial charge on any atom is 0.111 e. The summed E-state index contributed by atoms with van der Waals surface area (Å²) in [6, 6.07) is 0. The molecule has 0 fully saturated rings. The van der Waals surface area contributed by atoms with Gasteiger partial charge in [0, 0.05) is 5.33 Å². The van der Waals surface area contributed by atoms with Gasteiger partial charge >= 0.3 is 0 Å². The third-order valence-corrected chi connectivity index (χ3v) is 1.87. The minimum absolute atomic E-state index is 0.545. The van der Waals surface area contributed by atoms with Crippen LogP contribution in [0.25, 0.3) is 0 Å². The van der Waals surface area contributed by atoms with Crippen molar-refractivity contribution < 1.29 is 18.9 Å². The first-order valence-electron chi connectivity index (χ1n) is 5.35. The van der Waals surface area contributed by atoms with E-state index in [-0.39, 0.29) is 0 Å². The average Bonchev–Trinajstić information content (AvgIpc) is 2.25. The third-order valence-electron chi connectivity index (χ3n) is 1.54. The van der Waals surface area contributed by atoms with Crippen LogP contribution in [0.3, 0.4) is 0 Å². The van der Waals surface area contributed by atoms with E-state index >= 15 is 0 Å². The molecule has 0 saturated heterocycles. The fraction of sp³-hybridized carbons (Fsp3) is 0.818. The van der Waals surface area contributed by atoms with Gasteiger partial charge in [0.2, 0.25) is 0 Å². The SMILES string of the molecule is C=C(C)OCCOCCOCCOCCBr. The Morgan fingerprint density at radius 1 is 0.875 bits per heavy atom. The lowest BCUT2D eigenvalue weighted by atomic mass is 10.6. The standard InChI is InChI=1S/C11H21BrO4/c1-11(2)16-10-9-15-8-7-14-6-5-13-4-3-12/h1,3-10H2,2H3. The largest absolute Gasteiger partial charge is 0.496 e. The minimum atomic E-state index is 0.545. The summed E-state index contributed by atoms with van der Waals surface area (Å²) >= 11 is 3.27. The van der Waals surface area contributed by atoms with Crippen LogP contribution in [0.15, 0.2) is 12.3 Å². The zero-order valence-corrected chi connectivity index (χ0v) is 11.5. The highest BCUT2D eigenvalue weighted by Crippen LogP contribution is 1.89. The molecule has 4 nitrogen and oxygen atoms in total. The van der Waals surface area contributed by atoms with E-state index in [0.717, 1.165) is 11.9 Å². The molecular weight excluding hydrogens is 276 g/mol. The summed E-state index contributed by atoms with van der Waals surface area (Å²) in [5, 5.41) is 0.860. The summed E-state index contributed by atoms with van der Waals surface area (Å²) in [7, 11) is 0. The van der Waals surface area contributed by atoms with Crippen LogP contribution in [0.2, 0.25) is 0 Å². The first-order valence-corrected chi connectivity index (χ1v) is 6.47. The summed E-state index contributed by atoms with van der Waals surface area (Å²) in [4.78, 5) is 0. The molecule has 0 aliphatic carbocycles. The topological polar surface area (TPSA) is 36.9 Å². The lowest BCUT2D eigenvalue weighted by Crippen LogP contribution is -2.11. The second-order valence-corrected chi connectivity index (χ2v) is 3.87. The quantitative estimate of drug-likeness (QED) is 0.313. The van der Waals surface area contributed by atoms with E-state index in [1.165, 1.54) is 0 Å². The minimum Gasteiger partial charge on any atom is -0.496 e. The van der Waals surface area contributed by atoms with Crippen LogP contribution in [0.5, 0.6) is 0 Å². The Hall–Kier alpha value is -0.100. The highest BCUT2D eigenvalue weighted by molar-refractivity contribution is 9.09. The lowest BCUT2D eigenvalue weighted by molar-refractivity contribution is 0.00714. The number of allylic oxidation sites excluding steroid dienone is 1. The molecule has 5 heteroatoms. The van der Waals surface area contributed by atoms with E-state index in [2.05, 4.69) is 22.5 Å². The Kier molecular flexibility index (Phi) is 12.9. The molecule has 0 bridgehead atoms. The molecule has 0 aromatic carbocycles. The zero-order chi connectivity index (χ0) is 12.1. The molecule has 0 aliphatic rings. The predicted molar refractivity (Wildman–Crippen MR) is 67.0 cm³/mol. The fourth-order valence-electron chi connectivity index (χ4n) is 0.871. The first kappa shape index (κ1) is 15.9. The predicted octanol–water partition coefficient (Wildman–Crippen LogP) is 1.98. The van der Waals surface area contributed by atoms with Crippen LogP contribution < -0.4 is 0 Å². The van der Waals surface area contributed by atoms with Gasteiger partial charge in [-0.05, 0) is 6.92 Å². The molecule has 0 N–H and O–H groups in total. The molecule has 0 amide bonds. The summed E-state index contributed by atoms with van der Waals surface area (Å²) in [6.07, 6.45) is 0. The van der Waals surface area contributed by atoms with Crippen molar-refractivity contribution >= 4 is 15.9 Å². The van der Waals surface area contributed by atoms with E-state index in [0.29, 0.717) is 45.4 Å². The van der Waals surface area contributed by atoms with E-state index in [1.54, 1.807) is 0 Å². The maximum absolute atomic E-state index is 5.28. The second kappa shape index (κ2) is 13.0. The number of halogens is 1. The van der Waals surface area contributed by atoms with Gasteiger partial charge in [0.15, 0.2) is 0 Å². The van der Waals surface area contributed by atoms with Gasteiger partial charge in [-0.25, -0.2) is 0 Å². The number of ether oxygens (including phenoxy) is 4. The normalized spacial score (nSPS) is 10.4. The summed E-state index contributed by atoms with van der Waals surface area (Å²) in [5.41, 5.74) is 0. The Bertz CT molecular complexity index is 164. The maximum atomic E-state index is 5.28. The molecular formula is C11H21BrO4. The van der Waals surface area contributed by atoms with Gasteiger partial charge in [0.25, 0.3) is 0 Å². The number of hydrogen-bond donors (Lipinski definition) is 0. The molecule has 0 spiro atoms. The molecule has 0 unspecified atom stereocenters. The van der Waals surface area contributed by atoms with Gasteiger partial charge in [-0.2, -0.15) is 0 Å². The van der Waals surface area contributed by atoms with Crippen LogP contribution in [-0.2, 0) is 18.9 Å². The van der Waals surface area contributed by atoms with Gasteiger partial charge in [-0.1, -0.05) is 22.5 Å². The molecule has 0 heterocycles. The summed E-state index contributed by atoms with van der Waals surface area (Å²) < 4.78 is 20.9. The molecule has 0 radical (unpaired) electrons. The highest BCUT2D eigenvalue weighted by Gasteiger charge is 1.91. The van der Waals surface area contributed by atoms with Gasteiger partial charge in [-0.15, -0.1) is 0 Å². The van der Waals surface area contributed by atoms with E-state index < -0.39 is 0 Å². The van der Waals surface area contributed by atoms with Crippen molar-refractivity contribution in [1.29, 1.82) is 0 Å². The number of hydrogen-bond acceptors (Lipinski definition) is 4. The van der Waals surface area contributed by atoms with Crippen molar-refractivity contribution in [2.45, 2.75) is 6.92 Å². The lowest BCUT2D eigenvalue weighted by Gasteiger charge is -2.07. The summed E-state index contributed by atoms with van der Waals surface area (Å²) in [5.74, 6) is 0.712. The number of alkyl halides is 1. The molecule has 0 aromatic rings. The smallest absolute Gasteiger partial charge is 0.111 e. The second-order valence-electron chi connectivity index (χ2n) is 3.08. The highest BCUT2D eigenvalue weighted by atomic mass is 79.9. The van der Waals surface area contributed by atoms with Crippen LogP contribution >= 0.6 is 15.9 Å². The molecule has 0 atom stereocenters. The summed E-state index contributed by atoms with van der Waals surface area (Å²) in [6.45, 7) is 9.67. The van der Waals surface area contributed by atoms with Crippen LogP contribution in [0.1, 0.15) is 6.92 Å². The van der Waals surface area contributed by atoms with Gasteiger partial charge < -0.3 is 18.9 Å². The van der Waals surface area contributed by atoms with Crippen molar-refractivity contribution in [1.82, 2.24) is 0 Å². The zero-order valence-electron chi connectivity index (χ0n) is 9.87. The Labute approximate surface area is 106 Å². The monoisotopic (exact) mass is 296 g/mol. The van der Waals surface area contributed by atoms with Crippen LogP contribution in [0, 0.1) is 0 Å². The van der Waals surface area contributed by atoms with E-state index in [1.807, 2.05) is 6.92 Å². The number of rotatable bonds is 12. The molecule has 0 rings (SSSR count). The molecule has 96 valence electrons. The van der Waals surface area contributed by atoms with E-state index in [9.17, 15) is 0 Å². The van der Waals surface area contributed by atoms with Gasteiger partial charge in [0.1, 0.15) is 6.61 Å². The van der Waals surface area contributed by atoms with Crippen LogP contribution in [-0.4, -0.2) is 51.6 Å². The molecule has 0 saturated carbocycles. The first-order chi connectivity index (χ1) is 7.77. The molecule has 0 aliphatic heterocycles. The van der Waals surface area contributed by atoms with Crippen molar-refractivity contribution in [2.24, 2.45) is 0 Å². The van der Waals surface area contributed by atoms with Gasteiger partial charge in [0.05, 0.1) is 45.4 Å². The van der Waals surface area contributed by atoms with Crippen molar-refractivity contribution in [3.8, 4) is 0 Å². The van der Waals surface area contributed by atoms with Crippen molar-refractivity contribution in [3.63, 3.8) is 0 Å². The van der Waals surface area contributed by atoms with Crippen LogP contribution in [0.4, 0.5) is 0 Å². The third kappa shape index (κ3) is 13.9. The Morgan fingerprint density at radius 2 is 1.31 bits per heavy atom. The Morgan fingerprint density at radius 3 is 1.75 bits per heavy atom. The Balaban J connectivity index is 2.90. The fourth-order valence-corrected chi connectivity index (χ4v) is 1.10.